The molecule has 0 bridgehead atoms. The molecule has 1 unspecified atom stereocenters. The summed E-state index contributed by atoms with van der Waals surface area (Å²) in [6, 6.07) is 13.0. The van der Waals surface area contributed by atoms with E-state index in [2.05, 4.69) is 27.7 Å². The van der Waals surface area contributed by atoms with Crippen LogP contribution >= 0.6 is 0 Å². The van der Waals surface area contributed by atoms with Gasteiger partial charge in [-0.1, -0.05) is 36.4 Å². The van der Waals surface area contributed by atoms with Gasteiger partial charge in [0.2, 0.25) is 5.91 Å². The van der Waals surface area contributed by atoms with Crippen molar-refractivity contribution in [2.75, 3.05) is 31.5 Å². The Morgan fingerprint density at radius 1 is 1.23 bits per heavy atom. The smallest absolute Gasteiger partial charge is 0.326 e. The fraction of sp³-hybridized carbons (Fsp3) is 0.536. The van der Waals surface area contributed by atoms with Crippen molar-refractivity contribution >= 4 is 17.7 Å². The van der Waals surface area contributed by atoms with Crippen LogP contribution in [0.5, 0.6) is 0 Å². The first-order valence-corrected chi connectivity index (χ1v) is 12.9. The predicted octanol–water partition coefficient (Wildman–Crippen LogP) is 3.63. The van der Waals surface area contributed by atoms with Gasteiger partial charge in [0, 0.05) is 25.3 Å². The highest BCUT2D eigenvalue weighted by atomic mass is 16.4. The number of carboxylic acids is 1. The molecule has 2 aliphatic rings. The van der Waals surface area contributed by atoms with Crippen molar-refractivity contribution in [3.63, 3.8) is 0 Å². The molecule has 188 valence electrons. The Kier molecular flexibility index (Phi) is 8.06. The van der Waals surface area contributed by atoms with Gasteiger partial charge < -0.3 is 20.6 Å². The molecule has 0 aliphatic carbocycles. The highest BCUT2D eigenvalue weighted by Gasteiger charge is 2.33. The molecule has 0 radical (unpaired) electrons. The van der Waals surface area contributed by atoms with Crippen LogP contribution in [0.1, 0.15) is 56.4 Å². The number of anilines is 1. The summed E-state index contributed by atoms with van der Waals surface area (Å²) in [6.45, 7) is 7.27. The van der Waals surface area contributed by atoms with Crippen molar-refractivity contribution < 1.29 is 14.7 Å². The molecular weight excluding hydrogens is 440 g/mol. The predicted molar refractivity (Wildman–Crippen MR) is 138 cm³/mol. The molecule has 1 fully saturated rings. The highest BCUT2D eigenvalue weighted by Crippen LogP contribution is 2.25. The van der Waals surface area contributed by atoms with Gasteiger partial charge in [0.25, 0.3) is 0 Å². The Hall–Kier alpha value is -2.93. The van der Waals surface area contributed by atoms with Crippen LogP contribution in [0.2, 0.25) is 0 Å². The van der Waals surface area contributed by atoms with Crippen LogP contribution in [0.4, 0.5) is 5.82 Å². The molecule has 2 atom stereocenters. The third-order valence-corrected chi connectivity index (χ3v) is 7.53. The SMILES string of the molecule is CC(C)(C(=O)NC(CCN1CC[C@@H](CCc2ccc3c(n2)NCCC3)C1)C(=O)O)c1ccccc1. The van der Waals surface area contributed by atoms with E-state index < -0.39 is 17.4 Å². The van der Waals surface area contributed by atoms with Crippen LogP contribution in [0.3, 0.4) is 0 Å². The number of hydrogen-bond donors (Lipinski definition) is 3. The van der Waals surface area contributed by atoms with Gasteiger partial charge in [-0.15, -0.1) is 0 Å². The lowest BCUT2D eigenvalue weighted by atomic mass is 9.83. The van der Waals surface area contributed by atoms with E-state index in [0.717, 1.165) is 62.4 Å². The molecule has 35 heavy (non-hydrogen) atoms. The molecule has 0 saturated carbocycles. The molecular formula is C28H38N4O3. The maximum absolute atomic E-state index is 12.9. The van der Waals surface area contributed by atoms with Crippen LogP contribution in [0.25, 0.3) is 0 Å². The van der Waals surface area contributed by atoms with Crippen molar-refractivity contribution in [2.24, 2.45) is 5.92 Å². The first-order chi connectivity index (χ1) is 16.8. The molecule has 2 aliphatic heterocycles. The van der Waals surface area contributed by atoms with Crippen molar-refractivity contribution in [3.8, 4) is 0 Å². The Labute approximate surface area is 208 Å². The number of carbonyl (C=O) groups is 2. The van der Waals surface area contributed by atoms with Gasteiger partial charge in [-0.05, 0) is 82.0 Å². The van der Waals surface area contributed by atoms with E-state index in [1.54, 1.807) is 0 Å². The normalized spacial score (nSPS) is 19.0. The lowest BCUT2D eigenvalue weighted by Crippen LogP contribution is -2.49. The van der Waals surface area contributed by atoms with Gasteiger partial charge in [0.05, 0.1) is 5.41 Å². The number of hydrogen-bond acceptors (Lipinski definition) is 5. The second-order valence-electron chi connectivity index (χ2n) is 10.5. The molecule has 1 aromatic heterocycles. The minimum Gasteiger partial charge on any atom is -0.480 e. The minimum absolute atomic E-state index is 0.262. The Balaban J connectivity index is 1.24. The van der Waals surface area contributed by atoms with Crippen molar-refractivity contribution in [3.05, 3.63) is 59.3 Å². The van der Waals surface area contributed by atoms with E-state index in [0.29, 0.717) is 18.9 Å². The zero-order valence-electron chi connectivity index (χ0n) is 20.9. The van der Waals surface area contributed by atoms with Crippen molar-refractivity contribution in [1.82, 2.24) is 15.2 Å². The zero-order valence-corrected chi connectivity index (χ0v) is 20.9. The molecule has 1 amide bonds. The number of rotatable bonds is 10. The number of fused-ring (bicyclic) bond motifs is 1. The largest absolute Gasteiger partial charge is 0.480 e. The maximum Gasteiger partial charge on any atom is 0.326 e. The molecule has 4 rings (SSSR count). The number of aliphatic carboxylic acids is 1. The first-order valence-electron chi connectivity index (χ1n) is 12.9. The molecule has 7 nitrogen and oxygen atoms in total. The fourth-order valence-electron chi connectivity index (χ4n) is 5.11. The number of aryl methyl sites for hydroxylation is 2. The Bertz CT molecular complexity index is 1020. The van der Waals surface area contributed by atoms with E-state index >= 15 is 0 Å². The molecule has 7 heteroatoms. The highest BCUT2D eigenvalue weighted by molar-refractivity contribution is 5.90. The van der Waals surface area contributed by atoms with E-state index in [9.17, 15) is 14.7 Å². The summed E-state index contributed by atoms with van der Waals surface area (Å²) >= 11 is 0. The van der Waals surface area contributed by atoms with Gasteiger partial charge in [-0.2, -0.15) is 0 Å². The third-order valence-electron chi connectivity index (χ3n) is 7.53. The average molecular weight is 479 g/mol. The monoisotopic (exact) mass is 478 g/mol. The molecule has 2 aromatic rings. The lowest BCUT2D eigenvalue weighted by molar-refractivity contribution is -0.142. The van der Waals surface area contributed by atoms with Crippen LogP contribution in [0.15, 0.2) is 42.5 Å². The van der Waals surface area contributed by atoms with Crippen LogP contribution in [-0.4, -0.2) is 59.1 Å². The first kappa shape index (κ1) is 25.2. The lowest BCUT2D eigenvalue weighted by Gasteiger charge is -2.27. The number of nitrogens with zero attached hydrogens (tertiary/aromatic N) is 2. The zero-order chi connectivity index (χ0) is 24.8. The Morgan fingerprint density at radius 3 is 2.80 bits per heavy atom. The van der Waals surface area contributed by atoms with E-state index in [1.807, 2.05) is 44.2 Å². The van der Waals surface area contributed by atoms with Crippen molar-refractivity contribution in [2.45, 2.75) is 63.8 Å². The van der Waals surface area contributed by atoms with Gasteiger partial charge in [-0.25, -0.2) is 9.78 Å². The molecule has 0 spiro atoms. The molecule has 1 saturated heterocycles. The summed E-state index contributed by atoms with van der Waals surface area (Å²) in [5, 5.41) is 15.9. The fourth-order valence-corrected chi connectivity index (χ4v) is 5.11. The van der Waals surface area contributed by atoms with Gasteiger partial charge in [0.1, 0.15) is 11.9 Å². The molecule has 3 heterocycles. The van der Waals surface area contributed by atoms with Gasteiger partial charge >= 0.3 is 5.97 Å². The summed E-state index contributed by atoms with van der Waals surface area (Å²) < 4.78 is 0. The number of nitrogens with one attached hydrogen (secondary N) is 2. The number of carbonyl (C=O) groups excluding carboxylic acids is 1. The number of carboxylic acid groups (broad SMARTS) is 1. The number of benzene rings is 1. The van der Waals surface area contributed by atoms with E-state index in [1.165, 1.54) is 12.0 Å². The van der Waals surface area contributed by atoms with E-state index in [-0.39, 0.29) is 5.91 Å². The van der Waals surface area contributed by atoms with Crippen LogP contribution < -0.4 is 10.6 Å². The molecule has 1 aromatic carbocycles. The topological polar surface area (TPSA) is 94.6 Å². The summed E-state index contributed by atoms with van der Waals surface area (Å²) in [4.78, 5) is 32.0. The van der Waals surface area contributed by atoms with Crippen LogP contribution in [-0.2, 0) is 27.8 Å². The standard InChI is InChI=1S/C28H38N4O3/c1-28(2,22-8-4-3-5-9-22)27(35)31-24(26(33)34)15-18-32-17-14-20(19-32)10-12-23-13-11-21-7-6-16-29-25(21)30-23/h3-5,8-9,11,13,20,24H,6-7,10,12,14-19H2,1-2H3,(H,29,30)(H,31,35)(H,33,34)/t20-,24?/m1/s1. The van der Waals surface area contributed by atoms with E-state index in [4.69, 9.17) is 4.98 Å². The minimum atomic E-state index is -0.981. The average Bonchev–Trinajstić information content (AvgIpc) is 3.33. The second kappa shape index (κ2) is 11.2. The second-order valence-corrected chi connectivity index (χ2v) is 10.5. The molecule has 3 N–H and O–H groups in total. The summed E-state index contributed by atoms with van der Waals surface area (Å²) in [5.74, 6) is 0.405. The quantitative estimate of drug-likeness (QED) is 0.483. The number of pyridine rings is 1. The van der Waals surface area contributed by atoms with Crippen molar-refractivity contribution in [1.29, 1.82) is 0 Å². The maximum atomic E-state index is 12.9. The number of aromatic nitrogens is 1. The number of amides is 1. The summed E-state index contributed by atoms with van der Waals surface area (Å²) in [6.07, 6.45) is 5.85. The van der Waals surface area contributed by atoms with Gasteiger partial charge in [-0.3, -0.25) is 4.79 Å². The van der Waals surface area contributed by atoms with Crippen LogP contribution in [0, 0.1) is 5.92 Å². The Morgan fingerprint density at radius 2 is 2.03 bits per heavy atom. The number of likely N-dealkylation sites (tertiary alicyclic amines) is 1. The van der Waals surface area contributed by atoms with Gasteiger partial charge in [0.15, 0.2) is 0 Å². The summed E-state index contributed by atoms with van der Waals surface area (Å²) in [7, 11) is 0. The third kappa shape index (κ3) is 6.40. The summed E-state index contributed by atoms with van der Waals surface area (Å²) in [5.41, 5.74) is 2.53.